The van der Waals surface area contributed by atoms with E-state index in [1.807, 2.05) is 24.3 Å². The molecule has 0 radical (unpaired) electrons. The number of carbonyl (C=O) groups is 1. The second-order valence-corrected chi connectivity index (χ2v) is 6.52. The van der Waals surface area contributed by atoms with Gasteiger partial charge in [0.05, 0.1) is 18.5 Å². The van der Waals surface area contributed by atoms with E-state index >= 15 is 0 Å². The molecule has 0 aromatic heterocycles. The highest BCUT2D eigenvalue weighted by molar-refractivity contribution is 5.89. The van der Waals surface area contributed by atoms with E-state index in [-0.39, 0.29) is 5.97 Å². The van der Waals surface area contributed by atoms with Crippen LogP contribution in [0.1, 0.15) is 46.0 Å². The second-order valence-electron chi connectivity index (χ2n) is 6.52. The number of rotatable bonds is 10. The van der Waals surface area contributed by atoms with Crippen LogP contribution in [-0.2, 0) is 4.79 Å². The summed E-state index contributed by atoms with van der Waals surface area (Å²) in [5, 5.41) is 8.38. The third-order valence-corrected chi connectivity index (χ3v) is 4.21. The summed E-state index contributed by atoms with van der Waals surface area (Å²) in [6.45, 7) is 3.97. The quantitative estimate of drug-likeness (QED) is 0.148. The average molecular weight is 380 g/mol. The van der Waals surface area contributed by atoms with Crippen molar-refractivity contribution in [2.75, 3.05) is 7.11 Å². The van der Waals surface area contributed by atoms with Gasteiger partial charge in [0.25, 0.3) is 0 Å². The van der Waals surface area contributed by atoms with Crippen molar-refractivity contribution in [2.45, 2.75) is 46.0 Å². The van der Waals surface area contributed by atoms with E-state index < -0.39 is 0 Å². The molecule has 5 heteroatoms. The normalized spacial score (nSPS) is 11.6. The number of ether oxygens (including phenoxy) is 2. The lowest BCUT2D eigenvalue weighted by atomic mass is 10.1. The monoisotopic (exact) mass is 380 g/mol. The van der Waals surface area contributed by atoms with Crippen molar-refractivity contribution in [3.63, 3.8) is 0 Å². The van der Waals surface area contributed by atoms with Gasteiger partial charge in [-0.1, -0.05) is 38.3 Å². The number of allylic oxidation sites excluding steroid dienone is 1. The summed E-state index contributed by atoms with van der Waals surface area (Å²) >= 11 is 0. The van der Waals surface area contributed by atoms with Crippen LogP contribution >= 0.6 is 0 Å². The van der Waals surface area contributed by atoms with Gasteiger partial charge in [0.15, 0.2) is 0 Å². The Kier molecular flexibility index (Phi) is 8.92. The maximum absolute atomic E-state index is 12.1. The number of nitrogens with zero attached hydrogens (tertiary/aromatic N) is 2. The van der Waals surface area contributed by atoms with Crippen molar-refractivity contribution < 1.29 is 14.3 Å². The van der Waals surface area contributed by atoms with Crippen LogP contribution in [0.3, 0.4) is 0 Å². The Bertz CT molecular complexity index is 811. The summed E-state index contributed by atoms with van der Waals surface area (Å²) in [4.78, 5) is 12.1. The first-order valence-electron chi connectivity index (χ1n) is 9.67. The number of methoxy groups -OCH3 is 1. The van der Waals surface area contributed by atoms with Crippen LogP contribution in [-0.4, -0.2) is 13.1 Å². The van der Waals surface area contributed by atoms with Crippen LogP contribution in [0.5, 0.6) is 11.5 Å². The minimum absolute atomic E-state index is 0.318. The van der Waals surface area contributed by atoms with Crippen molar-refractivity contribution in [1.29, 1.82) is 0 Å². The Morgan fingerprint density at radius 3 is 2.43 bits per heavy atom. The van der Waals surface area contributed by atoms with Gasteiger partial charge in [0.1, 0.15) is 11.5 Å². The minimum atomic E-state index is -0.318. The van der Waals surface area contributed by atoms with Gasteiger partial charge in [-0.25, -0.2) is 4.79 Å². The highest BCUT2D eigenvalue weighted by Gasteiger charge is 2.07. The highest BCUT2D eigenvalue weighted by Crippen LogP contribution is 2.24. The molecule has 2 aromatic rings. The van der Waals surface area contributed by atoms with Crippen molar-refractivity contribution in [2.24, 2.45) is 10.2 Å². The molecule has 148 valence electrons. The lowest BCUT2D eigenvalue weighted by Gasteiger charge is -2.05. The van der Waals surface area contributed by atoms with E-state index in [4.69, 9.17) is 9.47 Å². The third-order valence-electron chi connectivity index (χ3n) is 4.21. The summed E-state index contributed by atoms with van der Waals surface area (Å²) in [6.07, 6.45) is 7.60. The number of unbranched alkanes of at least 4 members (excludes halogenated alkanes) is 4. The smallest absolute Gasteiger partial charge is 0.338 e. The van der Waals surface area contributed by atoms with Crippen LogP contribution in [0.2, 0.25) is 0 Å². The van der Waals surface area contributed by atoms with Gasteiger partial charge in [-0.15, -0.1) is 0 Å². The molecule has 0 saturated heterocycles. The highest BCUT2D eigenvalue weighted by atomic mass is 16.5. The molecule has 2 rings (SSSR count). The Labute approximate surface area is 167 Å². The van der Waals surface area contributed by atoms with Crippen molar-refractivity contribution >= 4 is 17.3 Å². The summed E-state index contributed by atoms with van der Waals surface area (Å²) in [7, 11) is 1.61. The molecule has 2 aromatic carbocycles. The molecule has 0 atom stereocenters. The van der Waals surface area contributed by atoms with Crippen molar-refractivity contribution in [3.05, 3.63) is 60.2 Å². The number of benzene rings is 2. The zero-order valence-electron chi connectivity index (χ0n) is 16.9. The van der Waals surface area contributed by atoms with Gasteiger partial charge in [0.2, 0.25) is 0 Å². The van der Waals surface area contributed by atoms with Gasteiger partial charge >= 0.3 is 5.97 Å². The van der Waals surface area contributed by atoms with Crippen LogP contribution in [0.15, 0.2) is 70.4 Å². The summed E-state index contributed by atoms with van der Waals surface area (Å²) in [6, 6.07) is 14.3. The van der Waals surface area contributed by atoms with Gasteiger partial charge in [-0.05, 0) is 56.2 Å². The summed E-state index contributed by atoms with van der Waals surface area (Å²) in [5.41, 5.74) is 2.01. The number of azo groups is 1. The number of carbonyl (C=O) groups excluding carboxylic acids is 1. The summed E-state index contributed by atoms with van der Waals surface area (Å²) in [5.74, 6) is 0.901. The lowest BCUT2D eigenvalue weighted by Crippen LogP contribution is -2.09. The van der Waals surface area contributed by atoms with Gasteiger partial charge in [-0.3, -0.25) is 0 Å². The average Bonchev–Trinajstić information content (AvgIpc) is 2.73. The number of hydrogen-bond acceptors (Lipinski definition) is 5. The first-order chi connectivity index (χ1) is 13.6. The van der Waals surface area contributed by atoms with Crippen LogP contribution in [0, 0.1) is 0 Å². The van der Waals surface area contributed by atoms with Crippen molar-refractivity contribution in [1.82, 2.24) is 0 Å². The van der Waals surface area contributed by atoms with Crippen LogP contribution < -0.4 is 9.47 Å². The van der Waals surface area contributed by atoms with E-state index in [0.29, 0.717) is 22.7 Å². The topological polar surface area (TPSA) is 60.2 Å². The van der Waals surface area contributed by atoms with Gasteiger partial charge < -0.3 is 9.47 Å². The first-order valence-corrected chi connectivity index (χ1v) is 9.67. The van der Waals surface area contributed by atoms with Gasteiger partial charge in [-0.2, -0.15) is 10.2 Å². The molecule has 5 nitrogen and oxygen atoms in total. The third kappa shape index (κ3) is 7.35. The molecule has 0 aliphatic carbocycles. The van der Waals surface area contributed by atoms with E-state index in [1.54, 1.807) is 44.4 Å². The molecule has 0 aliphatic heterocycles. The Balaban J connectivity index is 1.88. The van der Waals surface area contributed by atoms with Crippen LogP contribution in [0.25, 0.3) is 0 Å². The summed E-state index contributed by atoms with van der Waals surface area (Å²) < 4.78 is 10.6. The predicted molar refractivity (Wildman–Crippen MR) is 112 cm³/mol. The van der Waals surface area contributed by atoms with E-state index in [9.17, 15) is 4.79 Å². The molecule has 0 amide bonds. The lowest BCUT2D eigenvalue weighted by molar-refractivity contribution is -0.130. The fraction of sp³-hybridized carbons (Fsp3) is 0.348. The molecule has 0 saturated carbocycles. The molecule has 0 aliphatic rings. The minimum Gasteiger partial charge on any atom is -0.497 e. The van der Waals surface area contributed by atoms with E-state index in [2.05, 4.69) is 17.2 Å². The number of esters is 1. The molecule has 0 heterocycles. The van der Waals surface area contributed by atoms with Gasteiger partial charge in [0, 0.05) is 11.6 Å². The molecule has 0 unspecified atom stereocenters. The SMILES string of the molecule is CCCCCCC=C(C)C(=O)Oc1ccc(N=Nc2cccc(OC)c2)cc1. The second kappa shape index (κ2) is 11.7. The standard InChI is InChI=1S/C23H28N2O3/c1-4-5-6-7-8-10-18(2)23(26)28-21-15-13-19(14-16-21)24-25-20-11-9-12-22(17-20)27-3/h9-17H,4-8H2,1-3H3. The van der Waals surface area contributed by atoms with E-state index in [0.717, 1.165) is 18.6 Å². The Hall–Kier alpha value is -2.95. The van der Waals surface area contributed by atoms with E-state index in [1.165, 1.54) is 19.3 Å². The molecular weight excluding hydrogens is 352 g/mol. The molecule has 28 heavy (non-hydrogen) atoms. The van der Waals surface area contributed by atoms with Crippen LogP contribution in [0.4, 0.5) is 11.4 Å². The Morgan fingerprint density at radius 1 is 0.964 bits per heavy atom. The molecule has 0 fully saturated rings. The zero-order chi connectivity index (χ0) is 20.2. The molecule has 0 N–H and O–H groups in total. The predicted octanol–water partition coefficient (Wildman–Crippen LogP) is 6.93. The molecule has 0 spiro atoms. The Morgan fingerprint density at radius 2 is 1.71 bits per heavy atom. The fourth-order valence-electron chi connectivity index (χ4n) is 2.53. The molecule has 0 bridgehead atoms. The maximum Gasteiger partial charge on any atom is 0.338 e. The fourth-order valence-corrected chi connectivity index (χ4v) is 2.53. The first kappa shape index (κ1) is 21.4. The van der Waals surface area contributed by atoms with Crippen molar-refractivity contribution in [3.8, 4) is 11.5 Å². The maximum atomic E-state index is 12.1. The largest absolute Gasteiger partial charge is 0.497 e. The number of hydrogen-bond donors (Lipinski definition) is 0. The molecular formula is C23H28N2O3. The zero-order valence-corrected chi connectivity index (χ0v) is 16.9.